The molecule has 0 spiro atoms. The van der Waals surface area contributed by atoms with Gasteiger partial charge in [-0.3, -0.25) is 4.21 Å². The standard InChI is InChI=1S/C6H15NOS/c1-6(4-7-2)5-9(3)8/h6-7H,4-5H2,1-3H3. The molecule has 0 aromatic rings. The van der Waals surface area contributed by atoms with E-state index >= 15 is 0 Å². The van der Waals surface area contributed by atoms with Crippen LogP contribution in [0.1, 0.15) is 6.92 Å². The Morgan fingerprint density at radius 3 is 2.56 bits per heavy atom. The summed E-state index contributed by atoms with van der Waals surface area (Å²) in [5, 5.41) is 3.04. The summed E-state index contributed by atoms with van der Waals surface area (Å²) in [4.78, 5) is 0. The molecule has 0 rings (SSSR count). The van der Waals surface area contributed by atoms with Crippen LogP contribution in [0.2, 0.25) is 0 Å². The summed E-state index contributed by atoms with van der Waals surface area (Å²) in [5.74, 6) is 1.33. The van der Waals surface area contributed by atoms with Gasteiger partial charge in [0.2, 0.25) is 0 Å². The van der Waals surface area contributed by atoms with Gasteiger partial charge in [-0.05, 0) is 19.5 Å². The van der Waals surface area contributed by atoms with Gasteiger partial charge in [0.15, 0.2) is 0 Å². The van der Waals surface area contributed by atoms with Gasteiger partial charge in [-0.25, -0.2) is 0 Å². The molecule has 0 aliphatic carbocycles. The molecule has 0 radical (unpaired) electrons. The van der Waals surface area contributed by atoms with E-state index in [1.807, 2.05) is 7.05 Å². The summed E-state index contributed by atoms with van der Waals surface area (Å²) in [7, 11) is 1.27. The SMILES string of the molecule is CNCC(C)CS(C)=O. The van der Waals surface area contributed by atoms with Gasteiger partial charge in [0, 0.05) is 22.8 Å². The fourth-order valence-corrected chi connectivity index (χ4v) is 1.73. The van der Waals surface area contributed by atoms with E-state index in [-0.39, 0.29) is 0 Å². The molecule has 0 aliphatic heterocycles. The van der Waals surface area contributed by atoms with Crippen molar-refractivity contribution in [3.05, 3.63) is 0 Å². The van der Waals surface area contributed by atoms with Gasteiger partial charge < -0.3 is 5.32 Å². The zero-order chi connectivity index (χ0) is 7.28. The van der Waals surface area contributed by atoms with Crippen molar-refractivity contribution in [1.82, 2.24) is 5.32 Å². The first kappa shape index (κ1) is 9.11. The second-order valence-electron chi connectivity index (χ2n) is 2.40. The molecule has 56 valence electrons. The van der Waals surface area contributed by atoms with Gasteiger partial charge in [-0.15, -0.1) is 0 Å². The second kappa shape index (κ2) is 4.94. The molecule has 0 aromatic carbocycles. The minimum Gasteiger partial charge on any atom is -0.319 e. The molecule has 0 fully saturated rings. The summed E-state index contributed by atoms with van der Waals surface area (Å²) in [6.07, 6.45) is 1.74. The van der Waals surface area contributed by atoms with Crippen molar-refractivity contribution in [2.24, 2.45) is 5.92 Å². The van der Waals surface area contributed by atoms with Crippen molar-refractivity contribution < 1.29 is 4.21 Å². The molecule has 2 unspecified atom stereocenters. The fraction of sp³-hybridized carbons (Fsp3) is 1.00. The lowest BCUT2D eigenvalue weighted by Gasteiger charge is -2.06. The van der Waals surface area contributed by atoms with E-state index in [0.29, 0.717) is 5.92 Å². The maximum atomic E-state index is 10.6. The molecule has 2 nitrogen and oxygen atoms in total. The number of hydrogen-bond donors (Lipinski definition) is 1. The van der Waals surface area contributed by atoms with Crippen LogP contribution in [0.15, 0.2) is 0 Å². The third kappa shape index (κ3) is 5.99. The van der Waals surface area contributed by atoms with Crippen molar-refractivity contribution >= 4 is 10.8 Å². The Morgan fingerprint density at radius 1 is 1.67 bits per heavy atom. The lowest BCUT2D eigenvalue weighted by Crippen LogP contribution is -2.20. The van der Waals surface area contributed by atoms with Crippen molar-refractivity contribution in [3.63, 3.8) is 0 Å². The van der Waals surface area contributed by atoms with Crippen LogP contribution in [-0.4, -0.2) is 29.8 Å². The molecule has 1 N–H and O–H groups in total. The van der Waals surface area contributed by atoms with Crippen LogP contribution < -0.4 is 5.32 Å². The molecular formula is C6H15NOS. The van der Waals surface area contributed by atoms with Crippen LogP contribution in [0, 0.1) is 5.92 Å². The highest BCUT2D eigenvalue weighted by atomic mass is 32.2. The smallest absolute Gasteiger partial charge is 0.0269 e. The first-order valence-electron chi connectivity index (χ1n) is 3.11. The van der Waals surface area contributed by atoms with Crippen LogP contribution in [0.3, 0.4) is 0 Å². The minimum absolute atomic E-state index is 0.529. The molecule has 9 heavy (non-hydrogen) atoms. The maximum Gasteiger partial charge on any atom is 0.0269 e. The second-order valence-corrected chi connectivity index (χ2v) is 3.88. The van der Waals surface area contributed by atoms with Crippen LogP contribution in [-0.2, 0) is 10.8 Å². The van der Waals surface area contributed by atoms with Crippen molar-refractivity contribution in [3.8, 4) is 0 Å². The highest BCUT2D eigenvalue weighted by Crippen LogP contribution is 1.93. The topological polar surface area (TPSA) is 29.1 Å². The van der Waals surface area contributed by atoms with Gasteiger partial charge in [0.05, 0.1) is 0 Å². The molecule has 0 saturated carbocycles. The normalized spacial score (nSPS) is 17.2. The largest absolute Gasteiger partial charge is 0.319 e. The Hall–Kier alpha value is 0.110. The summed E-state index contributed by atoms with van der Waals surface area (Å²) in [6.45, 7) is 3.05. The van der Waals surface area contributed by atoms with E-state index < -0.39 is 10.8 Å². The van der Waals surface area contributed by atoms with E-state index in [1.165, 1.54) is 0 Å². The molecule has 0 saturated heterocycles. The van der Waals surface area contributed by atoms with Gasteiger partial charge in [-0.2, -0.15) is 0 Å². The lowest BCUT2D eigenvalue weighted by atomic mass is 10.2. The van der Waals surface area contributed by atoms with Gasteiger partial charge >= 0.3 is 0 Å². The first-order valence-corrected chi connectivity index (χ1v) is 4.84. The molecule has 0 heterocycles. The highest BCUT2D eigenvalue weighted by Gasteiger charge is 2.00. The van der Waals surface area contributed by atoms with E-state index in [9.17, 15) is 4.21 Å². The molecular weight excluding hydrogens is 134 g/mol. The quantitative estimate of drug-likeness (QED) is 0.619. The Morgan fingerprint density at radius 2 is 2.22 bits per heavy atom. The number of nitrogens with one attached hydrogen (secondary N) is 1. The van der Waals surface area contributed by atoms with E-state index in [4.69, 9.17) is 0 Å². The summed E-state index contributed by atoms with van der Waals surface area (Å²) < 4.78 is 10.6. The molecule has 0 aromatic heterocycles. The number of rotatable bonds is 4. The van der Waals surface area contributed by atoms with Crippen LogP contribution in [0.25, 0.3) is 0 Å². The fourth-order valence-electron chi connectivity index (χ4n) is 0.808. The average Bonchev–Trinajstić information content (AvgIpc) is 1.63. The zero-order valence-corrected chi connectivity index (χ0v) is 7.12. The van der Waals surface area contributed by atoms with Crippen molar-refractivity contribution in [2.75, 3.05) is 25.6 Å². The molecule has 0 bridgehead atoms. The molecule has 0 aliphatic rings. The zero-order valence-electron chi connectivity index (χ0n) is 6.31. The van der Waals surface area contributed by atoms with Crippen LogP contribution in [0.4, 0.5) is 0 Å². The Kier molecular flexibility index (Phi) is 5.00. The minimum atomic E-state index is -0.637. The summed E-state index contributed by atoms with van der Waals surface area (Å²) in [5.41, 5.74) is 0. The molecule has 2 atom stereocenters. The van der Waals surface area contributed by atoms with E-state index in [0.717, 1.165) is 12.3 Å². The van der Waals surface area contributed by atoms with Gasteiger partial charge in [-0.1, -0.05) is 6.92 Å². The lowest BCUT2D eigenvalue weighted by molar-refractivity contribution is 0.592. The summed E-state index contributed by atoms with van der Waals surface area (Å²) >= 11 is 0. The highest BCUT2D eigenvalue weighted by molar-refractivity contribution is 7.84. The summed E-state index contributed by atoms with van der Waals surface area (Å²) in [6, 6.07) is 0. The van der Waals surface area contributed by atoms with Gasteiger partial charge in [0.25, 0.3) is 0 Å². The van der Waals surface area contributed by atoms with Gasteiger partial charge in [0.1, 0.15) is 0 Å². The van der Waals surface area contributed by atoms with Crippen molar-refractivity contribution in [2.45, 2.75) is 6.92 Å². The number of hydrogen-bond acceptors (Lipinski definition) is 2. The molecule has 0 amide bonds. The maximum absolute atomic E-state index is 10.6. The average molecular weight is 149 g/mol. The molecule has 3 heteroatoms. The predicted octanol–water partition coefficient (Wildman–Crippen LogP) is 0.220. The first-order chi connectivity index (χ1) is 4.16. The van der Waals surface area contributed by atoms with E-state index in [1.54, 1.807) is 6.26 Å². The Labute approximate surface area is 59.5 Å². The Bertz CT molecular complexity index is 95.1. The van der Waals surface area contributed by atoms with Crippen molar-refractivity contribution in [1.29, 1.82) is 0 Å². The third-order valence-corrected chi connectivity index (χ3v) is 2.11. The third-order valence-electron chi connectivity index (χ3n) is 1.07. The predicted molar refractivity (Wildman–Crippen MR) is 42.0 cm³/mol. The van der Waals surface area contributed by atoms with Crippen LogP contribution >= 0.6 is 0 Å². The van der Waals surface area contributed by atoms with E-state index in [2.05, 4.69) is 12.2 Å². The van der Waals surface area contributed by atoms with Crippen LogP contribution in [0.5, 0.6) is 0 Å². The monoisotopic (exact) mass is 149 g/mol. The Balaban J connectivity index is 3.26.